The number of carbonyl (C=O) groups is 8. The molecular formula is C51H72N12O12S. The number of aliphatic hydroxyl groups is 2. The van der Waals surface area contributed by atoms with E-state index in [-0.39, 0.29) is 50.1 Å². The minimum atomic E-state index is -4.25. The van der Waals surface area contributed by atoms with Crippen molar-refractivity contribution in [2.24, 2.45) is 17.2 Å². The number of rotatable bonds is 33. The third-order valence-corrected chi connectivity index (χ3v) is 13.6. The van der Waals surface area contributed by atoms with Crippen molar-refractivity contribution in [2.45, 2.75) is 92.9 Å². The molecule has 0 saturated heterocycles. The largest absolute Gasteiger partial charge is 0.394 e. The topological polar surface area (TPSA) is 389 Å². The second-order valence-corrected chi connectivity index (χ2v) is 19.9. The van der Waals surface area contributed by atoms with Crippen LogP contribution in [0.15, 0.2) is 83.8 Å². The van der Waals surface area contributed by atoms with Gasteiger partial charge in [-0.15, -0.1) is 0 Å². The number of nitrogens with two attached hydrogens (primary N) is 3. The number of fused-ring (bicyclic) bond motifs is 2. The first-order valence-electron chi connectivity index (χ1n) is 25.0. The van der Waals surface area contributed by atoms with E-state index >= 15 is 0 Å². The van der Waals surface area contributed by atoms with Crippen LogP contribution in [-0.4, -0.2) is 156 Å². The third-order valence-electron chi connectivity index (χ3n) is 12.2. The lowest BCUT2D eigenvalue weighted by Gasteiger charge is -2.24. The Balaban J connectivity index is 1.27. The molecule has 5 atom stereocenters. The average molecular weight is 1080 g/mol. The summed E-state index contributed by atoms with van der Waals surface area (Å²) in [5.74, 6) is -6.35. The number of aliphatic hydroxyl groups excluding tert-OH is 2. The summed E-state index contributed by atoms with van der Waals surface area (Å²) in [5, 5.41) is 40.3. The molecule has 4 aromatic carbocycles. The number of anilines is 1. The first-order chi connectivity index (χ1) is 36.3. The molecule has 0 unspecified atom stereocenters. The summed E-state index contributed by atoms with van der Waals surface area (Å²) in [7, 11) is -0.618. The fraction of sp³-hybridized carbons (Fsp3) is 0.451. The summed E-state index contributed by atoms with van der Waals surface area (Å²) in [4.78, 5) is 106. The van der Waals surface area contributed by atoms with Gasteiger partial charge < -0.3 is 69.5 Å². The van der Waals surface area contributed by atoms with Crippen molar-refractivity contribution in [3.8, 4) is 0 Å². The molecule has 4 aromatic rings. The van der Waals surface area contributed by atoms with Crippen molar-refractivity contribution >= 4 is 84.5 Å². The molecule has 0 aromatic heterocycles. The minimum Gasteiger partial charge on any atom is -0.394 e. The molecule has 0 radical (unpaired) electrons. The predicted octanol–water partition coefficient (Wildman–Crippen LogP) is -1.79. The van der Waals surface area contributed by atoms with Crippen LogP contribution < -0.4 is 64.0 Å². The van der Waals surface area contributed by atoms with Gasteiger partial charge in [0.05, 0.1) is 31.2 Å². The van der Waals surface area contributed by atoms with Gasteiger partial charge in [0.1, 0.15) is 30.2 Å². The number of benzene rings is 4. The summed E-state index contributed by atoms with van der Waals surface area (Å²) in [6, 6.07) is 15.7. The molecule has 0 aliphatic heterocycles. The molecule has 24 nitrogen and oxygen atoms in total. The van der Waals surface area contributed by atoms with E-state index in [1.165, 1.54) is 6.07 Å². The summed E-state index contributed by atoms with van der Waals surface area (Å²) in [6.07, 6.45) is 2.54. The van der Waals surface area contributed by atoms with Crippen molar-refractivity contribution in [3.63, 3.8) is 0 Å². The van der Waals surface area contributed by atoms with Crippen LogP contribution in [0.1, 0.15) is 68.1 Å². The van der Waals surface area contributed by atoms with Gasteiger partial charge in [-0.3, -0.25) is 38.4 Å². The number of carbonyl (C=O) groups excluding carboxylic acids is 8. The number of amides is 8. The highest BCUT2D eigenvalue weighted by Crippen LogP contribution is 2.30. The van der Waals surface area contributed by atoms with Gasteiger partial charge >= 0.3 is 0 Å². The lowest BCUT2D eigenvalue weighted by atomic mass is 10.0. The molecule has 0 aliphatic carbocycles. The molecule has 4 rings (SSSR count). The Kier molecular flexibility index (Phi) is 24.9. The maximum Gasteiger partial charge on any atom is 0.251 e. The van der Waals surface area contributed by atoms with Gasteiger partial charge in [-0.1, -0.05) is 54.6 Å². The number of primary amides is 1. The normalized spacial score (nSPS) is 13.3. The predicted molar refractivity (Wildman–Crippen MR) is 285 cm³/mol. The molecule has 76 heavy (non-hydrogen) atoms. The van der Waals surface area contributed by atoms with Crippen molar-refractivity contribution < 1.29 is 57.0 Å². The Labute approximate surface area is 441 Å². The van der Waals surface area contributed by atoms with Crippen LogP contribution in [0.25, 0.3) is 21.5 Å². The lowest BCUT2D eigenvalue weighted by molar-refractivity contribution is -0.134. The van der Waals surface area contributed by atoms with Crippen LogP contribution in [-0.2, 0) is 43.6 Å². The maximum absolute atomic E-state index is 13.6. The van der Waals surface area contributed by atoms with Gasteiger partial charge in [-0.25, -0.2) is 13.1 Å². The van der Waals surface area contributed by atoms with E-state index in [4.69, 9.17) is 17.2 Å². The number of nitrogens with one attached hydrogen (secondary N) is 8. The van der Waals surface area contributed by atoms with E-state index in [1.54, 1.807) is 42.5 Å². The van der Waals surface area contributed by atoms with E-state index in [0.29, 0.717) is 48.6 Å². The summed E-state index contributed by atoms with van der Waals surface area (Å²) >= 11 is 0. The van der Waals surface area contributed by atoms with Gasteiger partial charge in [-0.2, -0.15) is 0 Å². The van der Waals surface area contributed by atoms with Crippen LogP contribution in [0.2, 0.25) is 0 Å². The second kappa shape index (κ2) is 30.9. The van der Waals surface area contributed by atoms with E-state index in [1.807, 2.05) is 49.3 Å². The Hall–Kier alpha value is -7.29. The van der Waals surface area contributed by atoms with Crippen LogP contribution in [0.5, 0.6) is 0 Å². The quantitative estimate of drug-likeness (QED) is 0.0234. The van der Waals surface area contributed by atoms with Crippen LogP contribution in [0, 0.1) is 0 Å². The Morgan fingerprint density at radius 2 is 1.08 bits per heavy atom. The fourth-order valence-corrected chi connectivity index (χ4v) is 9.24. The number of sulfonamides is 1. The number of unbranched alkanes of at least 4 members (excludes halogenated alkanes) is 3. The van der Waals surface area contributed by atoms with Gasteiger partial charge in [0.2, 0.25) is 51.4 Å². The molecule has 0 fully saturated rings. The Bertz CT molecular complexity index is 2760. The summed E-state index contributed by atoms with van der Waals surface area (Å²) < 4.78 is 29.0. The number of hydrogen-bond acceptors (Lipinski definition) is 15. The fourth-order valence-electron chi connectivity index (χ4n) is 8.03. The first kappa shape index (κ1) is 61.3. The van der Waals surface area contributed by atoms with Gasteiger partial charge in [0.15, 0.2) is 0 Å². The lowest BCUT2D eigenvalue weighted by Crippen LogP contribution is -2.57. The maximum atomic E-state index is 13.6. The van der Waals surface area contributed by atoms with E-state index in [0.717, 1.165) is 16.5 Å². The van der Waals surface area contributed by atoms with Gasteiger partial charge in [-0.05, 0) is 106 Å². The monoisotopic (exact) mass is 1080 g/mol. The zero-order valence-corrected chi connectivity index (χ0v) is 43.6. The Morgan fingerprint density at radius 1 is 0.553 bits per heavy atom. The van der Waals surface area contributed by atoms with E-state index < -0.39 is 114 Å². The third kappa shape index (κ3) is 18.8. The van der Waals surface area contributed by atoms with Gasteiger partial charge in [0.25, 0.3) is 5.91 Å². The highest BCUT2D eigenvalue weighted by atomic mass is 32.2. The average Bonchev–Trinajstić information content (AvgIpc) is 3.41. The molecule has 8 amide bonds. The van der Waals surface area contributed by atoms with Crippen LogP contribution in [0.4, 0.5) is 5.69 Å². The minimum absolute atomic E-state index is 0.0124. The number of nitrogens with zero attached hydrogens (tertiary/aromatic N) is 1. The molecule has 25 heteroatoms. The van der Waals surface area contributed by atoms with E-state index in [2.05, 4.69) is 41.9 Å². The van der Waals surface area contributed by atoms with Crippen LogP contribution in [0.3, 0.4) is 0 Å². The van der Waals surface area contributed by atoms with Crippen molar-refractivity contribution in [1.29, 1.82) is 0 Å². The first-order valence-corrected chi connectivity index (χ1v) is 26.5. The molecule has 0 heterocycles. The SMILES string of the molecule is CN(C)c1cccc2c(S(=O)(=O)NCC(=O)N[C@@H](CO)C(=O)N[C@@H](CCCCN)C(=O)N[C@@H](CCCCNC(=O)[C@H](CCCCN)NC(=O)[C@H](CO)NC(=O)CNC(=O)c3ccc4ccccc4c3)C(N)=O)cccc12. The Morgan fingerprint density at radius 3 is 1.67 bits per heavy atom. The van der Waals surface area contributed by atoms with Crippen molar-refractivity contribution in [3.05, 3.63) is 84.4 Å². The molecule has 16 N–H and O–H groups in total. The molecular weight excluding hydrogens is 1000 g/mol. The van der Waals surface area contributed by atoms with Crippen molar-refractivity contribution in [2.75, 3.05) is 64.9 Å². The molecule has 0 bridgehead atoms. The van der Waals surface area contributed by atoms with Crippen LogP contribution >= 0.6 is 0 Å². The molecule has 414 valence electrons. The standard InChI is InChI=1S/C51H72N12O12S/c1-63(2)42-20-11-16-36-35(42)15-12-21-43(36)76(74,75)57-29-45(67)59-41(31-65)51(73)62-39(19-6-9-25-53)49(71)60-37(46(54)68)17-7-10-26-55-48(70)38(18-5-8-24-52)61-50(72)40(30-64)58-44(66)28-56-47(69)34-23-22-32-13-3-4-14-33(32)27-34/h3-4,11-16,20-23,27,37-41,57,64-65H,5-10,17-19,24-26,28-31,52-53H2,1-2H3,(H2,54,68)(H,55,70)(H,56,69)(H,58,66)(H,59,67)(H,60,71)(H,61,72)(H,62,73)/t37-,38-,39-,40-,41-/m0/s1. The van der Waals surface area contributed by atoms with Gasteiger partial charge in [0, 0.05) is 42.7 Å². The molecule has 0 aliphatic rings. The molecule has 0 spiro atoms. The zero-order valence-electron chi connectivity index (χ0n) is 42.8. The smallest absolute Gasteiger partial charge is 0.251 e. The van der Waals surface area contributed by atoms with E-state index in [9.17, 15) is 57.0 Å². The second-order valence-electron chi connectivity index (χ2n) is 18.1. The number of hydrogen-bond donors (Lipinski definition) is 13. The summed E-state index contributed by atoms with van der Waals surface area (Å²) in [5.41, 5.74) is 18.0. The zero-order chi connectivity index (χ0) is 55.8. The highest BCUT2D eigenvalue weighted by molar-refractivity contribution is 7.89. The summed E-state index contributed by atoms with van der Waals surface area (Å²) in [6.45, 7) is -2.38. The van der Waals surface area contributed by atoms with Crippen molar-refractivity contribution in [1.82, 2.24) is 41.9 Å². The highest BCUT2D eigenvalue weighted by Gasteiger charge is 2.30. The molecule has 0 saturated carbocycles.